The lowest BCUT2D eigenvalue weighted by Crippen LogP contribution is -1.94. The fourth-order valence-corrected chi connectivity index (χ4v) is 3.35. The normalized spacial score (nSPS) is 11.1. The summed E-state index contributed by atoms with van der Waals surface area (Å²) in [6.45, 7) is 4.79. The summed E-state index contributed by atoms with van der Waals surface area (Å²) in [5.74, 6) is 3.68. The lowest BCUT2D eigenvalue weighted by atomic mass is 10.2. The summed E-state index contributed by atoms with van der Waals surface area (Å²) < 4.78 is 7.30. The minimum atomic E-state index is 0.675. The molecule has 0 fully saturated rings. The van der Waals surface area contributed by atoms with Gasteiger partial charge in [0.2, 0.25) is 4.96 Å². The van der Waals surface area contributed by atoms with E-state index < -0.39 is 0 Å². The predicted molar refractivity (Wildman–Crippen MR) is 87.1 cm³/mol. The topological polar surface area (TPSA) is 52.3 Å². The molecule has 110 valence electrons. The number of benzene rings is 1. The van der Waals surface area contributed by atoms with E-state index in [1.54, 1.807) is 11.3 Å². The van der Waals surface area contributed by atoms with Crippen molar-refractivity contribution >= 4 is 28.1 Å². The summed E-state index contributed by atoms with van der Waals surface area (Å²) in [6, 6.07) is 7.98. The highest BCUT2D eigenvalue weighted by Gasteiger charge is 2.12. The Balaban J connectivity index is 1.88. The smallest absolute Gasteiger partial charge is 0.235 e. The Labute approximate surface area is 131 Å². The lowest BCUT2D eigenvalue weighted by Gasteiger charge is -2.02. The monoisotopic (exact) mass is 320 g/mol. The molecule has 0 aliphatic heterocycles. The van der Waals surface area contributed by atoms with Crippen LogP contribution >= 0.6 is 23.1 Å². The fraction of sp³-hybridized carbons (Fsp3) is 0.357. The Morgan fingerprint density at radius 3 is 2.71 bits per heavy atom. The first-order valence-corrected chi connectivity index (χ1v) is 8.81. The van der Waals surface area contributed by atoms with Crippen molar-refractivity contribution in [2.75, 3.05) is 12.4 Å². The number of hydrogen-bond acceptors (Lipinski definition) is 6. The van der Waals surface area contributed by atoms with Crippen LogP contribution in [0, 0.1) is 0 Å². The van der Waals surface area contributed by atoms with Gasteiger partial charge in [0.05, 0.1) is 12.4 Å². The van der Waals surface area contributed by atoms with Crippen molar-refractivity contribution in [1.29, 1.82) is 0 Å². The van der Waals surface area contributed by atoms with Crippen LogP contribution in [0.2, 0.25) is 0 Å². The molecule has 7 heteroatoms. The standard InChI is InChI=1S/C14H16N4OS2/c1-3-19-11-7-5-10(6-8-11)13-17-18-12(9-20-4-2)15-16-14(18)21-13/h5-8H,3-4,9H2,1-2H3. The zero-order chi connectivity index (χ0) is 14.7. The van der Waals surface area contributed by atoms with Crippen LogP contribution in [0.1, 0.15) is 19.7 Å². The maximum atomic E-state index is 5.46. The molecule has 3 aromatic rings. The van der Waals surface area contributed by atoms with E-state index in [0.29, 0.717) is 6.61 Å². The van der Waals surface area contributed by atoms with Crippen LogP contribution in [0.15, 0.2) is 24.3 Å². The summed E-state index contributed by atoms with van der Waals surface area (Å²) in [7, 11) is 0. The second kappa shape index (κ2) is 6.44. The highest BCUT2D eigenvalue weighted by Crippen LogP contribution is 2.27. The van der Waals surface area contributed by atoms with Gasteiger partial charge in [-0.15, -0.1) is 10.2 Å². The van der Waals surface area contributed by atoms with Crippen molar-refractivity contribution in [2.24, 2.45) is 0 Å². The molecule has 21 heavy (non-hydrogen) atoms. The van der Waals surface area contributed by atoms with Crippen molar-refractivity contribution in [2.45, 2.75) is 19.6 Å². The molecule has 2 aromatic heterocycles. The quantitative estimate of drug-likeness (QED) is 0.696. The van der Waals surface area contributed by atoms with Gasteiger partial charge in [-0.25, -0.2) is 0 Å². The molecule has 0 spiro atoms. The van der Waals surface area contributed by atoms with E-state index in [1.165, 1.54) is 0 Å². The summed E-state index contributed by atoms with van der Waals surface area (Å²) >= 11 is 3.37. The molecule has 0 aliphatic rings. The maximum absolute atomic E-state index is 5.46. The predicted octanol–water partition coefficient (Wildman–Crippen LogP) is 3.50. The number of thioether (sulfide) groups is 1. The van der Waals surface area contributed by atoms with E-state index in [0.717, 1.165) is 38.6 Å². The molecule has 3 rings (SSSR count). The minimum Gasteiger partial charge on any atom is -0.494 e. The third-order valence-corrected chi connectivity index (χ3v) is 4.72. The van der Waals surface area contributed by atoms with Crippen LogP contribution in [0.25, 0.3) is 15.5 Å². The molecule has 0 bridgehead atoms. The van der Waals surface area contributed by atoms with E-state index in [1.807, 2.05) is 47.5 Å². The number of hydrogen-bond donors (Lipinski definition) is 0. The molecule has 0 unspecified atom stereocenters. The first-order chi connectivity index (χ1) is 10.3. The zero-order valence-electron chi connectivity index (χ0n) is 11.9. The Morgan fingerprint density at radius 2 is 2.00 bits per heavy atom. The van der Waals surface area contributed by atoms with E-state index >= 15 is 0 Å². The second-order valence-corrected chi connectivity index (χ2v) is 6.54. The van der Waals surface area contributed by atoms with Gasteiger partial charge in [-0.05, 0) is 36.9 Å². The van der Waals surface area contributed by atoms with Crippen molar-refractivity contribution in [3.8, 4) is 16.3 Å². The van der Waals surface area contributed by atoms with Gasteiger partial charge in [-0.2, -0.15) is 21.4 Å². The first-order valence-electron chi connectivity index (χ1n) is 6.84. The third-order valence-electron chi connectivity index (χ3n) is 2.90. The third kappa shape index (κ3) is 3.03. The van der Waals surface area contributed by atoms with E-state index in [4.69, 9.17) is 4.74 Å². The molecule has 0 amide bonds. The van der Waals surface area contributed by atoms with Crippen LogP contribution < -0.4 is 4.74 Å². The molecule has 1 aromatic carbocycles. The largest absolute Gasteiger partial charge is 0.494 e. The van der Waals surface area contributed by atoms with Crippen LogP contribution in [0.4, 0.5) is 0 Å². The molecule has 0 atom stereocenters. The van der Waals surface area contributed by atoms with Gasteiger partial charge in [-0.3, -0.25) is 0 Å². The fourth-order valence-electron chi connectivity index (χ4n) is 1.92. The molecule has 0 aliphatic carbocycles. The van der Waals surface area contributed by atoms with Gasteiger partial charge in [0.1, 0.15) is 10.8 Å². The number of rotatable bonds is 6. The van der Waals surface area contributed by atoms with Gasteiger partial charge in [0.25, 0.3) is 0 Å². The van der Waals surface area contributed by atoms with Crippen LogP contribution in [-0.2, 0) is 5.75 Å². The molecule has 5 nitrogen and oxygen atoms in total. The SMILES string of the molecule is CCOc1ccc(-c2nn3c(CSCC)nnc3s2)cc1. The summed E-state index contributed by atoms with van der Waals surface area (Å²) in [4.78, 5) is 0.839. The van der Waals surface area contributed by atoms with E-state index in [-0.39, 0.29) is 0 Å². The highest BCUT2D eigenvalue weighted by atomic mass is 32.2. The van der Waals surface area contributed by atoms with Crippen LogP contribution in [0.3, 0.4) is 0 Å². The number of aromatic nitrogens is 4. The van der Waals surface area contributed by atoms with Crippen LogP contribution in [0.5, 0.6) is 5.75 Å². The maximum Gasteiger partial charge on any atom is 0.235 e. The second-order valence-electron chi connectivity index (χ2n) is 4.31. The van der Waals surface area contributed by atoms with Crippen molar-refractivity contribution < 1.29 is 4.74 Å². The molecule has 0 saturated carbocycles. The Morgan fingerprint density at radius 1 is 1.19 bits per heavy atom. The average molecular weight is 320 g/mol. The lowest BCUT2D eigenvalue weighted by molar-refractivity contribution is 0.340. The highest BCUT2D eigenvalue weighted by molar-refractivity contribution is 7.98. The summed E-state index contributed by atoms with van der Waals surface area (Å²) in [5, 5.41) is 14.0. The van der Waals surface area contributed by atoms with Gasteiger partial charge >= 0.3 is 0 Å². The Bertz CT molecular complexity index is 720. The number of ether oxygens (including phenoxy) is 1. The number of fused-ring (bicyclic) bond motifs is 1. The van der Waals surface area contributed by atoms with Crippen molar-refractivity contribution in [3.05, 3.63) is 30.1 Å². The van der Waals surface area contributed by atoms with E-state index in [2.05, 4.69) is 22.2 Å². The first kappa shape index (κ1) is 14.3. The molecule has 2 heterocycles. The van der Waals surface area contributed by atoms with Gasteiger partial charge < -0.3 is 4.74 Å². The summed E-state index contributed by atoms with van der Waals surface area (Å²) in [5.41, 5.74) is 1.07. The number of nitrogens with zero attached hydrogens (tertiary/aromatic N) is 4. The van der Waals surface area contributed by atoms with Gasteiger partial charge in [0, 0.05) is 5.56 Å². The molecular formula is C14H16N4OS2. The molecule has 0 radical (unpaired) electrons. The van der Waals surface area contributed by atoms with E-state index in [9.17, 15) is 0 Å². The van der Waals surface area contributed by atoms with Gasteiger partial charge in [0.15, 0.2) is 5.82 Å². The van der Waals surface area contributed by atoms with Crippen LogP contribution in [-0.4, -0.2) is 32.2 Å². The average Bonchev–Trinajstić information content (AvgIpc) is 3.07. The minimum absolute atomic E-state index is 0.675. The summed E-state index contributed by atoms with van der Waals surface area (Å²) in [6.07, 6.45) is 0. The van der Waals surface area contributed by atoms with Crippen molar-refractivity contribution in [3.63, 3.8) is 0 Å². The van der Waals surface area contributed by atoms with Crippen molar-refractivity contribution in [1.82, 2.24) is 19.8 Å². The Kier molecular flexibility index (Phi) is 4.40. The molecule has 0 saturated heterocycles. The van der Waals surface area contributed by atoms with Gasteiger partial charge in [-0.1, -0.05) is 18.3 Å². The Hall–Kier alpha value is -1.60. The molecular weight excluding hydrogens is 304 g/mol. The zero-order valence-corrected chi connectivity index (χ0v) is 13.6. The molecule has 0 N–H and O–H groups in total.